The molecule has 0 aliphatic rings. The zero-order valence-corrected chi connectivity index (χ0v) is 10.3. The molecule has 1 heterocycles. The molecule has 0 saturated carbocycles. The lowest BCUT2D eigenvalue weighted by atomic mass is 10.2. The summed E-state index contributed by atoms with van der Waals surface area (Å²) in [6.07, 6.45) is 1.35. The molecule has 2 rings (SSSR count). The number of hydrogen-bond acceptors (Lipinski definition) is 3. The van der Waals surface area contributed by atoms with Gasteiger partial charge in [0.2, 0.25) is 5.88 Å². The number of carboxylic acid groups (broad SMARTS) is 1. The number of aromatic nitrogens is 1. The van der Waals surface area contributed by atoms with Crippen LogP contribution in [0.2, 0.25) is 5.02 Å². The molecule has 4 nitrogen and oxygen atoms in total. The number of carboxylic acids is 1. The largest absolute Gasteiger partial charge is 0.478 e. The Bertz CT molecular complexity index is 599. The van der Waals surface area contributed by atoms with E-state index in [0.717, 1.165) is 5.56 Å². The number of hydrogen-bond donors (Lipinski definition) is 1. The average Bonchev–Trinajstić information content (AvgIpc) is 2.31. The fourth-order valence-corrected chi connectivity index (χ4v) is 1.68. The Morgan fingerprint density at radius 3 is 2.83 bits per heavy atom. The number of pyridine rings is 1. The van der Waals surface area contributed by atoms with Gasteiger partial charge in [-0.15, -0.1) is 0 Å². The maximum absolute atomic E-state index is 10.9. The number of aromatic carboxylic acids is 1. The van der Waals surface area contributed by atoms with Gasteiger partial charge in [0.25, 0.3) is 0 Å². The molecule has 0 unspecified atom stereocenters. The van der Waals surface area contributed by atoms with E-state index in [1.165, 1.54) is 12.3 Å². The SMILES string of the molecule is Cc1cccc(Oc2nccc(C(=O)O)c2Cl)c1. The zero-order valence-electron chi connectivity index (χ0n) is 9.55. The van der Waals surface area contributed by atoms with Crippen LogP contribution in [0.5, 0.6) is 11.6 Å². The van der Waals surface area contributed by atoms with Crippen molar-refractivity contribution in [2.75, 3.05) is 0 Å². The molecule has 92 valence electrons. The minimum absolute atomic E-state index is 0.00786. The van der Waals surface area contributed by atoms with Crippen LogP contribution in [0.1, 0.15) is 15.9 Å². The first-order valence-electron chi connectivity index (χ1n) is 5.20. The first-order chi connectivity index (χ1) is 8.58. The summed E-state index contributed by atoms with van der Waals surface area (Å²) in [6.45, 7) is 1.93. The minimum atomic E-state index is -1.11. The number of aryl methyl sites for hydroxylation is 1. The predicted molar refractivity (Wildman–Crippen MR) is 67.5 cm³/mol. The van der Waals surface area contributed by atoms with Gasteiger partial charge in [-0.25, -0.2) is 9.78 Å². The molecule has 18 heavy (non-hydrogen) atoms. The van der Waals surface area contributed by atoms with E-state index in [1.54, 1.807) is 6.07 Å². The second-order valence-corrected chi connectivity index (χ2v) is 4.08. The molecule has 0 fully saturated rings. The lowest BCUT2D eigenvalue weighted by Crippen LogP contribution is -2.00. The van der Waals surface area contributed by atoms with Crippen molar-refractivity contribution in [3.8, 4) is 11.6 Å². The first kappa shape index (κ1) is 12.4. The number of ether oxygens (including phenoxy) is 1. The topological polar surface area (TPSA) is 59.4 Å². The number of halogens is 1. The van der Waals surface area contributed by atoms with Crippen LogP contribution >= 0.6 is 11.6 Å². The fraction of sp³-hybridized carbons (Fsp3) is 0.0769. The van der Waals surface area contributed by atoms with Crippen LogP contribution < -0.4 is 4.74 Å². The van der Waals surface area contributed by atoms with Crippen molar-refractivity contribution >= 4 is 17.6 Å². The van der Waals surface area contributed by atoms with Gasteiger partial charge in [0.15, 0.2) is 0 Å². The predicted octanol–water partition coefficient (Wildman–Crippen LogP) is 3.53. The van der Waals surface area contributed by atoms with Gasteiger partial charge >= 0.3 is 5.97 Å². The molecule has 0 atom stereocenters. The van der Waals surface area contributed by atoms with Gasteiger partial charge in [-0.1, -0.05) is 23.7 Å². The average molecular weight is 264 g/mol. The highest BCUT2D eigenvalue weighted by atomic mass is 35.5. The third-order valence-corrected chi connectivity index (χ3v) is 2.66. The second kappa shape index (κ2) is 5.06. The third-order valence-electron chi connectivity index (χ3n) is 2.29. The highest BCUT2D eigenvalue weighted by Gasteiger charge is 2.14. The van der Waals surface area contributed by atoms with Crippen molar-refractivity contribution in [3.63, 3.8) is 0 Å². The summed E-state index contributed by atoms with van der Waals surface area (Å²) in [4.78, 5) is 14.8. The molecule has 2 aromatic rings. The molecule has 0 aliphatic heterocycles. The third kappa shape index (κ3) is 2.60. The van der Waals surface area contributed by atoms with E-state index >= 15 is 0 Å². The van der Waals surface area contributed by atoms with Gasteiger partial charge in [-0.2, -0.15) is 0 Å². The molecule has 0 bridgehead atoms. The van der Waals surface area contributed by atoms with Gasteiger partial charge in [-0.05, 0) is 30.7 Å². The van der Waals surface area contributed by atoms with Gasteiger partial charge in [0.1, 0.15) is 10.8 Å². The molecule has 1 N–H and O–H groups in total. The summed E-state index contributed by atoms with van der Waals surface area (Å²) in [5.41, 5.74) is 0.993. The number of rotatable bonds is 3. The molecule has 0 spiro atoms. The summed E-state index contributed by atoms with van der Waals surface area (Å²) in [5.74, 6) is -0.467. The Labute approximate surface area is 109 Å². The van der Waals surface area contributed by atoms with E-state index in [0.29, 0.717) is 5.75 Å². The van der Waals surface area contributed by atoms with Gasteiger partial charge in [0, 0.05) is 6.20 Å². The van der Waals surface area contributed by atoms with Crippen LogP contribution in [0.15, 0.2) is 36.5 Å². The molecule has 5 heteroatoms. The lowest BCUT2D eigenvalue weighted by molar-refractivity contribution is 0.0696. The van der Waals surface area contributed by atoms with Crippen LogP contribution in [0.25, 0.3) is 0 Å². The molecule has 0 radical (unpaired) electrons. The summed E-state index contributed by atoms with van der Waals surface area (Å²) >= 11 is 5.93. The Morgan fingerprint density at radius 1 is 1.39 bits per heavy atom. The van der Waals surface area contributed by atoms with Crippen LogP contribution in [-0.4, -0.2) is 16.1 Å². The van der Waals surface area contributed by atoms with Crippen molar-refractivity contribution in [2.24, 2.45) is 0 Å². The fourth-order valence-electron chi connectivity index (χ4n) is 1.45. The Balaban J connectivity index is 2.35. The smallest absolute Gasteiger partial charge is 0.337 e. The van der Waals surface area contributed by atoms with Crippen LogP contribution in [0.4, 0.5) is 0 Å². The standard InChI is InChI=1S/C13H10ClNO3/c1-8-3-2-4-9(7-8)18-12-11(14)10(13(16)17)5-6-15-12/h2-7H,1H3,(H,16,17). The number of benzene rings is 1. The first-order valence-corrected chi connectivity index (χ1v) is 5.58. The summed E-state index contributed by atoms with van der Waals surface area (Å²) in [6, 6.07) is 8.65. The second-order valence-electron chi connectivity index (χ2n) is 3.70. The van der Waals surface area contributed by atoms with E-state index < -0.39 is 5.97 Å². The van der Waals surface area contributed by atoms with Crippen molar-refractivity contribution in [1.29, 1.82) is 0 Å². The van der Waals surface area contributed by atoms with E-state index in [2.05, 4.69) is 4.98 Å². The maximum Gasteiger partial charge on any atom is 0.337 e. The van der Waals surface area contributed by atoms with Crippen molar-refractivity contribution in [1.82, 2.24) is 4.98 Å². The van der Waals surface area contributed by atoms with Crippen LogP contribution in [0.3, 0.4) is 0 Å². The van der Waals surface area contributed by atoms with E-state index in [4.69, 9.17) is 21.4 Å². The van der Waals surface area contributed by atoms with Crippen molar-refractivity contribution in [3.05, 3.63) is 52.7 Å². The Kier molecular flexibility index (Phi) is 3.48. The number of nitrogens with zero attached hydrogens (tertiary/aromatic N) is 1. The molecule has 1 aromatic heterocycles. The summed E-state index contributed by atoms with van der Waals surface area (Å²) in [7, 11) is 0. The summed E-state index contributed by atoms with van der Waals surface area (Å²) < 4.78 is 5.47. The van der Waals surface area contributed by atoms with E-state index in [-0.39, 0.29) is 16.5 Å². The Morgan fingerprint density at radius 2 is 2.17 bits per heavy atom. The number of carbonyl (C=O) groups is 1. The van der Waals surface area contributed by atoms with Crippen LogP contribution in [-0.2, 0) is 0 Å². The molecular formula is C13H10ClNO3. The molecule has 0 amide bonds. The normalized spacial score (nSPS) is 10.1. The highest BCUT2D eigenvalue weighted by Crippen LogP contribution is 2.29. The van der Waals surface area contributed by atoms with Gasteiger partial charge < -0.3 is 9.84 Å². The molecule has 0 aliphatic carbocycles. The monoisotopic (exact) mass is 263 g/mol. The Hall–Kier alpha value is -2.07. The van der Waals surface area contributed by atoms with Gasteiger partial charge in [-0.3, -0.25) is 0 Å². The molecule has 0 saturated heterocycles. The lowest BCUT2D eigenvalue weighted by Gasteiger charge is -2.08. The van der Waals surface area contributed by atoms with E-state index in [9.17, 15) is 4.79 Å². The zero-order chi connectivity index (χ0) is 13.1. The molecule has 1 aromatic carbocycles. The highest BCUT2D eigenvalue weighted by molar-refractivity contribution is 6.34. The van der Waals surface area contributed by atoms with Crippen LogP contribution in [0, 0.1) is 6.92 Å². The van der Waals surface area contributed by atoms with Crippen molar-refractivity contribution in [2.45, 2.75) is 6.92 Å². The summed E-state index contributed by atoms with van der Waals surface area (Å²) in [5, 5.41) is 8.92. The van der Waals surface area contributed by atoms with E-state index in [1.807, 2.05) is 25.1 Å². The molecular weight excluding hydrogens is 254 g/mol. The maximum atomic E-state index is 10.9. The minimum Gasteiger partial charge on any atom is -0.478 e. The van der Waals surface area contributed by atoms with Crippen molar-refractivity contribution < 1.29 is 14.6 Å². The van der Waals surface area contributed by atoms with Gasteiger partial charge in [0.05, 0.1) is 5.56 Å². The quantitative estimate of drug-likeness (QED) is 0.920.